The topological polar surface area (TPSA) is 179 Å². The second-order valence-electron chi connectivity index (χ2n) is 5.55. The van der Waals surface area contributed by atoms with Gasteiger partial charge in [0.05, 0.1) is 6.61 Å². The molecular weight excluding hydrogens is 410 g/mol. The molecule has 0 aliphatic heterocycles. The number of hydrogen-bond donors (Lipinski definition) is 2. The molecule has 12 nitrogen and oxygen atoms in total. The fourth-order valence-electron chi connectivity index (χ4n) is 2.30. The summed E-state index contributed by atoms with van der Waals surface area (Å²) in [6.45, 7) is 7.08. The highest BCUT2D eigenvalue weighted by atomic mass is 32.2. The Bertz CT molecular complexity index is 1050. The zero-order chi connectivity index (χ0) is 22.5. The first kappa shape index (κ1) is 23.6. The number of nitrogens with zero attached hydrogens (tertiary/aromatic N) is 3. The van der Waals surface area contributed by atoms with Gasteiger partial charge >= 0.3 is 27.8 Å². The molecule has 1 aromatic carbocycles. The van der Waals surface area contributed by atoms with Gasteiger partial charge in [0.25, 0.3) is 0 Å². The second kappa shape index (κ2) is 9.14. The number of carboxylic acid groups (broad SMARTS) is 2. The Morgan fingerprint density at radius 2 is 1.72 bits per heavy atom. The molecule has 2 N–H and O–H groups in total. The molecule has 1 aromatic heterocycles. The van der Waals surface area contributed by atoms with Gasteiger partial charge in [0, 0.05) is 6.92 Å². The number of hydrogen-bond acceptors (Lipinski definition) is 8. The molecule has 2 aromatic rings. The zero-order valence-electron chi connectivity index (χ0n) is 15.9. The van der Waals surface area contributed by atoms with E-state index in [1.165, 1.54) is 13.0 Å². The van der Waals surface area contributed by atoms with E-state index in [-0.39, 0.29) is 10.7 Å². The van der Waals surface area contributed by atoms with Crippen LogP contribution in [0.1, 0.15) is 23.9 Å². The summed E-state index contributed by atoms with van der Waals surface area (Å²) in [5, 5.41) is 25.8. The highest BCUT2D eigenvalue weighted by Crippen LogP contribution is 2.30. The van der Waals surface area contributed by atoms with Crippen LogP contribution in [0.15, 0.2) is 23.2 Å². The average Bonchev–Trinajstić information content (AvgIpc) is 3.02. The number of benzene rings is 1. The van der Waals surface area contributed by atoms with Crippen LogP contribution in [-0.4, -0.2) is 51.1 Å². The molecule has 0 unspecified atom stereocenters. The molecule has 0 atom stereocenters. The lowest BCUT2D eigenvalue weighted by Gasteiger charge is -2.13. The van der Waals surface area contributed by atoms with Gasteiger partial charge in [0.15, 0.2) is 0 Å². The van der Waals surface area contributed by atoms with E-state index in [0.29, 0.717) is 27.5 Å². The van der Waals surface area contributed by atoms with E-state index in [9.17, 15) is 18.5 Å². The maximum atomic E-state index is 12.9. The van der Waals surface area contributed by atoms with Gasteiger partial charge in [-0.1, -0.05) is 3.97 Å². The predicted octanol–water partition coefficient (Wildman–Crippen LogP) is 1.51. The molecule has 0 bridgehead atoms. The molecule has 0 aliphatic rings. The van der Waals surface area contributed by atoms with E-state index in [0.717, 1.165) is 6.20 Å². The first-order valence-electron chi connectivity index (χ1n) is 7.99. The first-order valence-corrected chi connectivity index (χ1v) is 9.43. The Balaban J connectivity index is 0.000000612. The van der Waals surface area contributed by atoms with Crippen molar-refractivity contribution in [1.29, 1.82) is 0 Å². The predicted molar refractivity (Wildman–Crippen MR) is 98.6 cm³/mol. The maximum Gasteiger partial charge on any atom is 0.414 e. The molecular formula is C16H19N3O9S. The number of aliphatic carboxylic acids is 2. The van der Waals surface area contributed by atoms with Crippen molar-refractivity contribution in [3.63, 3.8) is 0 Å². The summed E-state index contributed by atoms with van der Waals surface area (Å²) in [6, 6.07) is 2.95. The molecule has 2 rings (SSSR count). The monoisotopic (exact) mass is 429 g/mol. The van der Waals surface area contributed by atoms with Crippen LogP contribution >= 0.6 is 0 Å². The Kier molecular flexibility index (Phi) is 7.43. The summed E-state index contributed by atoms with van der Waals surface area (Å²) >= 11 is 0. The van der Waals surface area contributed by atoms with Crippen LogP contribution in [0.3, 0.4) is 0 Å². The molecule has 29 heavy (non-hydrogen) atoms. The lowest BCUT2D eigenvalue weighted by atomic mass is 10.1. The van der Waals surface area contributed by atoms with Crippen LogP contribution in [0, 0.1) is 30.9 Å². The fourth-order valence-corrected chi connectivity index (χ4v) is 4.03. The van der Waals surface area contributed by atoms with Gasteiger partial charge in [-0.25, -0.2) is 14.6 Å². The minimum atomic E-state index is -4.13. The van der Waals surface area contributed by atoms with Crippen LogP contribution in [0.2, 0.25) is 0 Å². The molecule has 0 spiro atoms. The van der Waals surface area contributed by atoms with Crippen molar-refractivity contribution in [2.75, 3.05) is 6.61 Å². The number of aryl methyl sites for hydroxylation is 1. The Morgan fingerprint density at radius 3 is 2.17 bits per heavy atom. The maximum absolute atomic E-state index is 12.9. The van der Waals surface area contributed by atoms with Crippen molar-refractivity contribution in [3.05, 3.63) is 45.4 Å². The van der Waals surface area contributed by atoms with Crippen molar-refractivity contribution in [3.8, 4) is 5.75 Å². The molecule has 158 valence electrons. The number of imidazole rings is 1. The van der Waals surface area contributed by atoms with Gasteiger partial charge in [-0.15, -0.1) is 0 Å². The summed E-state index contributed by atoms with van der Waals surface area (Å²) in [5.41, 5.74) is 1.16. The highest BCUT2D eigenvalue weighted by Gasteiger charge is 2.33. The van der Waals surface area contributed by atoms with Gasteiger partial charge < -0.3 is 25.1 Å². The average molecular weight is 429 g/mol. The Morgan fingerprint density at radius 1 is 1.17 bits per heavy atom. The Labute approximate surface area is 165 Å². The molecule has 0 fully saturated rings. The van der Waals surface area contributed by atoms with Crippen molar-refractivity contribution < 1.29 is 37.9 Å². The summed E-state index contributed by atoms with van der Waals surface area (Å²) in [5.74, 6) is -3.62. The van der Waals surface area contributed by atoms with E-state index < -0.39 is 32.7 Å². The summed E-state index contributed by atoms with van der Waals surface area (Å²) in [6.07, 6.45) is 0.934. The molecule has 0 aliphatic carbocycles. The van der Waals surface area contributed by atoms with E-state index in [1.807, 2.05) is 6.92 Å². The minimum Gasteiger partial charge on any atom is -0.494 e. The second-order valence-corrected chi connectivity index (χ2v) is 7.30. The molecule has 0 saturated carbocycles. The van der Waals surface area contributed by atoms with Crippen LogP contribution in [0.4, 0.5) is 5.82 Å². The zero-order valence-corrected chi connectivity index (χ0v) is 16.8. The fraction of sp³-hybridized carbons (Fsp3) is 0.312. The SMILES string of the molecule is CCOc1ccc(S(=O)(=O)n2c([N+](=O)[O-])cnc2C)c(C)c1C.O=C(O)C(=O)O. The molecule has 13 heteroatoms. The first-order chi connectivity index (χ1) is 13.4. The van der Waals surface area contributed by atoms with E-state index in [1.54, 1.807) is 19.9 Å². The number of rotatable bonds is 5. The summed E-state index contributed by atoms with van der Waals surface area (Å²) in [4.78, 5) is 32.2. The van der Waals surface area contributed by atoms with Gasteiger partial charge in [0.2, 0.25) is 5.82 Å². The smallest absolute Gasteiger partial charge is 0.414 e. The number of nitro groups is 1. The number of carboxylic acids is 2. The third kappa shape index (κ3) is 5.07. The van der Waals surface area contributed by atoms with E-state index >= 15 is 0 Å². The molecule has 0 saturated heterocycles. The highest BCUT2D eigenvalue weighted by molar-refractivity contribution is 7.90. The van der Waals surface area contributed by atoms with Crippen molar-refractivity contribution in [2.24, 2.45) is 0 Å². The normalized spacial score (nSPS) is 10.6. The molecule has 0 amide bonds. The lowest BCUT2D eigenvalue weighted by molar-refractivity contribution is -0.390. The lowest BCUT2D eigenvalue weighted by Crippen LogP contribution is -2.18. The largest absolute Gasteiger partial charge is 0.494 e. The van der Waals surface area contributed by atoms with Crippen molar-refractivity contribution in [2.45, 2.75) is 32.6 Å². The van der Waals surface area contributed by atoms with E-state index in [2.05, 4.69) is 4.98 Å². The third-order valence-corrected chi connectivity index (χ3v) is 5.67. The number of aromatic nitrogens is 2. The van der Waals surface area contributed by atoms with Crippen molar-refractivity contribution in [1.82, 2.24) is 8.96 Å². The van der Waals surface area contributed by atoms with Crippen LogP contribution in [0.5, 0.6) is 5.75 Å². The van der Waals surface area contributed by atoms with Gasteiger partial charge in [-0.3, -0.25) is 0 Å². The third-order valence-electron chi connectivity index (χ3n) is 3.74. The van der Waals surface area contributed by atoms with Crippen LogP contribution in [-0.2, 0) is 19.6 Å². The standard InChI is InChI=1S/C14H17N3O5S.C2H2O4/c1-5-22-12-6-7-13(10(3)9(12)2)23(20,21)16-11(4)15-8-14(16)17(18)19;3-1(4)2(5)6/h6-8H,5H2,1-4H3;(H,3,4)(H,5,6). The number of ether oxygens (including phenoxy) is 1. The van der Waals surface area contributed by atoms with Gasteiger partial charge in [0.1, 0.15) is 16.8 Å². The Hall–Kier alpha value is -3.48. The van der Waals surface area contributed by atoms with Crippen molar-refractivity contribution >= 4 is 27.8 Å². The quantitative estimate of drug-likeness (QED) is 0.402. The van der Waals surface area contributed by atoms with Gasteiger partial charge in [-0.05, 0) is 49.0 Å². The molecule has 1 heterocycles. The van der Waals surface area contributed by atoms with E-state index in [4.69, 9.17) is 24.5 Å². The van der Waals surface area contributed by atoms with Gasteiger partial charge in [-0.2, -0.15) is 8.42 Å². The summed E-state index contributed by atoms with van der Waals surface area (Å²) in [7, 11) is -4.13. The van der Waals surface area contributed by atoms with Crippen LogP contribution in [0.25, 0.3) is 0 Å². The molecule has 0 radical (unpaired) electrons. The summed E-state index contributed by atoms with van der Waals surface area (Å²) < 4.78 is 31.8. The number of carbonyl (C=O) groups is 2. The van der Waals surface area contributed by atoms with Crippen LogP contribution < -0.4 is 4.74 Å². The minimum absolute atomic E-state index is 0.0114.